The first-order valence-corrected chi connectivity index (χ1v) is 9.50. The highest BCUT2D eigenvalue weighted by molar-refractivity contribution is 6.00. The highest BCUT2D eigenvalue weighted by atomic mass is 16.7. The summed E-state index contributed by atoms with van der Waals surface area (Å²) >= 11 is 0. The van der Waals surface area contributed by atoms with Crippen molar-refractivity contribution in [3.05, 3.63) is 71.8 Å². The summed E-state index contributed by atoms with van der Waals surface area (Å²) in [5.74, 6) is 0.0954. The van der Waals surface area contributed by atoms with Crippen molar-refractivity contribution in [2.45, 2.75) is 63.9 Å². The Morgan fingerprint density at radius 3 is 1.92 bits per heavy atom. The fourth-order valence-corrected chi connectivity index (χ4v) is 4.08. The van der Waals surface area contributed by atoms with E-state index in [1.54, 1.807) is 0 Å². The second-order valence-electron chi connectivity index (χ2n) is 7.20. The molecule has 0 spiro atoms. The van der Waals surface area contributed by atoms with Crippen LogP contribution < -0.4 is 0 Å². The van der Waals surface area contributed by atoms with Crippen LogP contribution in [0.25, 0.3) is 0 Å². The molecule has 1 aliphatic rings. The van der Waals surface area contributed by atoms with E-state index in [-0.39, 0.29) is 11.9 Å². The summed E-state index contributed by atoms with van der Waals surface area (Å²) in [6.45, 7) is 8.01. The van der Waals surface area contributed by atoms with Crippen LogP contribution in [0.1, 0.15) is 51.7 Å². The Bertz CT molecular complexity index is 741. The summed E-state index contributed by atoms with van der Waals surface area (Å²) in [6, 6.07) is 19.8. The number of benzene rings is 2. The van der Waals surface area contributed by atoms with Gasteiger partial charge in [-0.3, -0.25) is 4.79 Å². The maximum atomic E-state index is 14.0. The monoisotopic (exact) mass is 352 g/mol. The number of carbonyl (C=O) groups excluding carboxylic acids is 1. The summed E-state index contributed by atoms with van der Waals surface area (Å²) in [4.78, 5) is 14.0. The van der Waals surface area contributed by atoms with Crippen LogP contribution in [-0.2, 0) is 25.3 Å². The zero-order valence-electron chi connectivity index (χ0n) is 16.1. The third-order valence-electron chi connectivity index (χ3n) is 5.46. The molecular formula is C23H28O3. The molecule has 3 heteroatoms. The van der Waals surface area contributed by atoms with Gasteiger partial charge in [-0.2, -0.15) is 0 Å². The molecule has 138 valence electrons. The summed E-state index contributed by atoms with van der Waals surface area (Å²) in [6.07, 6.45) is 0.554. The zero-order chi connectivity index (χ0) is 18.8. The van der Waals surface area contributed by atoms with Crippen LogP contribution >= 0.6 is 0 Å². The summed E-state index contributed by atoms with van der Waals surface area (Å²) in [7, 11) is 0. The molecule has 26 heavy (non-hydrogen) atoms. The second kappa shape index (κ2) is 7.34. The van der Waals surface area contributed by atoms with Gasteiger partial charge in [0.2, 0.25) is 0 Å². The SMILES string of the molecule is CCC1(c2ccccc2)C(=O)[C@](CC)(c2ccccc2)O[C@H]1OC(C)C. The largest absolute Gasteiger partial charge is 0.348 e. The van der Waals surface area contributed by atoms with Crippen molar-refractivity contribution in [1.82, 2.24) is 0 Å². The topological polar surface area (TPSA) is 35.5 Å². The second-order valence-corrected chi connectivity index (χ2v) is 7.20. The molecule has 0 amide bonds. The van der Waals surface area contributed by atoms with Gasteiger partial charge in [-0.1, -0.05) is 74.5 Å². The van der Waals surface area contributed by atoms with Gasteiger partial charge in [0.25, 0.3) is 0 Å². The van der Waals surface area contributed by atoms with Crippen LogP contribution in [0, 0.1) is 0 Å². The van der Waals surface area contributed by atoms with Crippen molar-refractivity contribution in [2.24, 2.45) is 0 Å². The van der Waals surface area contributed by atoms with Crippen molar-refractivity contribution in [2.75, 3.05) is 0 Å². The molecule has 2 aromatic rings. The molecule has 1 aliphatic heterocycles. The number of ketones is 1. The minimum absolute atomic E-state index is 0.0362. The van der Waals surface area contributed by atoms with Crippen LogP contribution in [0.4, 0.5) is 0 Å². The van der Waals surface area contributed by atoms with E-state index in [1.165, 1.54) is 0 Å². The fourth-order valence-electron chi connectivity index (χ4n) is 4.08. The maximum Gasteiger partial charge on any atom is 0.184 e. The molecular weight excluding hydrogens is 324 g/mol. The summed E-state index contributed by atoms with van der Waals surface area (Å²) < 4.78 is 12.7. The Hall–Kier alpha value is -1.97. The van der Waals surface area contributed by atoms with Crippen LogP contribution in [0.2, 0.25) is 0 Å². The Morgan fingerprint density at radius 1 is 0.923 bits per heavy atom. The predicted octanol–water partition coefficient (Wildman–Crippen LogP) is 4.99. The normalized spacial score (nSPS) is 28.7. The highest BCUT2D eigenvalue weighted by Gasteiger charge is 2.64. The third-order valence-corrected chi connectivity index (χ3v) is 5.46. The van der Waals surface area contributed by atoms with Gasteiger partial charge in [0.05, 0.1) is 6.10 Å². The molecule has 0 saturated carbocycles. The van der Waals surface area contributed by atoms with E-state index >= 15 is 0 Å². The molecule has 0 N–H and O–H groups in total. The molecule has 0 bridgehead atoms. The number of hydrogen-bond acceptors (Lipinski definition) is 3. The molecule has 1 saturated heterocycles. The van der Waals surface area contributed by atoms with Gasteiger partial charge in [0.1, 0.15) is 5.41 Å². The Morgan fingerprint density at radius 2 is 1.46 bits per heavy atom. The lowest BCUT2D eigenvalue weighted by atomic mass is 9.69. The molecule has 3 atom stereocenters. The minimum atomic E-state index is -0.979. The van der Waals surface area contributed by atoms with Crippen molar-refractivity contribution in [3.63, 3.8) is 0 Å². The van der Waals surface area contributed by atoms with Gasteiger partial charge in [-0.15, -0.1) is 0 Å². The molecule has 1 heterocycles. The molecule has 0 radical (unpaired) electrons. The Balaban J connectivity index is 2.20. The zero-order valence-corrected chi connectivity index (χ0v) is 16.1. The minimum Gasteiger partial charge on any atom is -0.348 e. The first-order valence-electron chi connectivity index (χ1n) is 9.50. The Labute approximate surface area is 156 Å². The van der Waals surface area contributed by atoms with Crippen LogP contribution in [0.5, 0.6) is 0 Å². The molecule has 3 nitrogen and oxygen atoms in total. The number of ether oxygens (including phenoxy) is 2. The van der Waals surface area contributed by atoms with E-state index in [0.29, 0.717) is 12.8 Å². The average molecular weight is 352 g/mol. The molecule has 1 fully saturated rings. The van der Waals surface area contributed by atoms with E-state index in [2.05, 4.69) is 0 Å². The lowest BCUT2D eigenvalue weighted by molar-refractivity contribution is -0.205. The van der Waals surface area contributed by atoms with E-state index < -0.39 is 17.3 Å². The van der Waals surface area contributed by atoms with Gasteiger partial charge >= 0.3 is 0 Å². The first kappa shape index (κ1) is 18.8. The number of hydrogen-bond donors (Lipinski definition) is 0. The lowest BCUT2D eigenvalue weighted by Crippen LogP contribution is -2.45. The smallest absolute Gasteiger partial charge is 0.184 e. The van der Waals surface area contributed by atoms with E-state index in [1.807, 2.05) is 88.4 Å². The Kier molecular flexibility index (Phi) is 5.31. The van der Waals surface area contributed by atoms with E-state index in [4.69, 9.17) is 9.47 Å². The summed E-state index contributed by atoms with van der Waals surface area (Å²) in [5.41, 5.74) is 0.0739. The van der Waals surface area contributed by atoms with Gasteiger partial charge in [-0.25, -0.2) is 0 Å². The predicted molar refractivity (Wildman–Crippen MR) is 103 cm³/mol. The maximum absolute atomic E-state index is 14.0. The van der Waals surface area contributed by atoms with Crippen molar-refractivity contribution in [3.8, 4) is 0 Å². The quantitative estimate of drug-likeness (QED) is 0.735. The van der Waals surface area contributed by atoms with Crippen molar-refractivity contribution >= 4 is 5.78 Å². The molecule has 3 rings (SSSR count). The molecule has 0 aromatic heterocycles. The van der Waals surface area contributed by atoms with Gasteiger partial charge < -0.3 is 9.47 Å². The van der Waals surface area contributed by atoms with Crippen LogP contribution in [-0.4, -0.2) is 18.2 Å². The first-order chi connectivity index (χ1) is 12.5. The van der Waals surface area contributed by atoms with Crippen LogP contribution in [0.3, 0.4) is 0 Å². The van der Waals surface area contributed by atoms with E-state index in [9.17, 15) is 4.79 Å². The average Bonchev–Trinajstić information content (AvgIpc) is 2.92. The standard InChI is InChI=1S/C23H28O3/c1-5-22(18-13-9-7-10-14-18)20(24)23(6-2,19-15-11-8-12-16-19)26-21(22)25-17(3)4/h7-17,21H,5-6H2,1-4H3/t21-,22?,23+/m1/s1. The van der Waals surface area contributed by atoms with Gasteiger partial charge in [0.15, 0.2) is 17.7 Å². The van der Waals surface area contributed by atoms with Crippen molar-refractivity contribution in [1.29, 1.82) is 0 Å². The lowest BCUT2D eigenvalue weighted by Gasteiger charge is -2.32. The number of Topliss-reactive ketones (excluding diaryl/α,β-unsaturated/α-hetero) is 1. The van der Waals surface area contributed by atoms with Gasteiger partial charge in [0, 0.05) is 0 Å². The third kappa shape index (κ3) is 2.80. The number of carbonyl (C=O) groups is 1. The molecule has 1 unspecified atom stereocenters. The fraction of sp³-hybridized carbons (Fsp3) is 0.435. The van der Waals surface area contributed by atoms with Gasteiger partial charge in [-0.05, 0) is 37.8 Å². The van der Waals surface area contributed by atoms with Crippen LogP contribution in [0.15, 0.2) is 60.7 Å². The van der Waals surface area contributed by atoms with Crippen molar-refractivity contribution < 1.29 is 14.3 Å². The molecule has 0 aliphatic carbocycles. The molecule has 2 aromatic carbocycles. The number of rotatable bonds is 6. The summed E-state index contributed by atoms with van der Waals surface area (Å²) in [5, 5.41) is 0. The highest BCUT2D eigenvalue weighted by Crippen LogP contribution is 2.52. The van der Waals surface area contributed by atoms with E-state index in [0.717, 1.165) is 11.1 Å².